The van der Waals surface area contributed by atoms with Crippen LogP contribution in [0.2, 0.25) is 0 Å². The molecule has 1 unspecified atom stereocenters. The van der Waals surface area contributed by atoms with Gasteiger partial charge in [0.15, 0.2) is 0 Å². The van der Waals surface area contributed by atoms with Gasteiger partial charge in [-0.3, -0.25) is 14.6 Å². The van der Waals surface area contributed by atoms with Crippen molar-refractivity contribution in [2.45, 2.75) is 12.5 Å². The lowest BCUT2D eigenvalue weighted by Gasteiger charge is -2.20. The number of benzene rings is 2. The quantitative estimate of drug-likeness (QED) is 0.825. The summed E-state index contributed by atoms with van der Waals surface area (Å²) in [6.45, 7) is 0. The summed E-state index contributed by atoms with van der Waals surface area (Å²) in [6.07, 6.45) is 5.39. The summed E-state index contributed by atoms with van der Waals surface area (Å²) in [5.41, 5.74) is 7.18. The van der Waals surface area contributed by atoms with Crippen LogP contribution in [0.5, 0.6) is 0 Å². The second-order valence-corrected chi connectivity index (χ2v) is 5.67. The van der Waals surface area contributed by atoms with E-state index < -0.39 is 23.7 Å². The highest BCUT2D eigenvalue weighted by Crippen LogP contribution is 2.25. The van der Waals surface area contributed by atoms with Crippen molar-refractivity contribution in [2.24, 2.45) is 10.8 Å². The van der Waals surface area contributed by atoms with Gasteiger partial charge in [-0.15, -0.1) is 6.42 Å². The lowest BCUT2D eigenvalue weighted by atomic mass is 10.1. The van der Waals surface area contributed by atoms with Gasteiger partial charge in [-0.25, -0.2) is 4.39 Å². The van der Waals surface area contributed by atoms with Crippen molar-refractivity contribution in [1.29, 1.82) is 0 Å². The Labute approximate surface area is 149 Å². The molecule has 0 bridgehead atoms. The molecule has 0 aromatic heterocycles. The molecule has 0 fully saturated rings. The highest BCUT2D eigenvalue weighted by atomic mass is 19.1. The van der Waals surface area contributed by atoms with Gasteiger partial charge in [0.05, 0.1) is 5.69 Å². The van der Waals surface area contributed by atoms with Crippen molar-refractivity contribution in [2.75, 3.05) is 10.3 Å². The Morgan fingerprint density at radius 2 is 2.00 bits per heavy atom. The topological polar surface area (TPSA) is 87.8 Å². The molecular weight excluding hydrogens is 335 g/mol. The van der Waals surface area contributed by atoms with Crippen LogP contribution in [0.15, 0.2) is 53.6 Å². The van der Waals surface area contributed by atoms with E-state index in [-0.39, 0.29) is 12.1 Å². The molecule has 1 aliphatic heterocycles. The summed E-state index contributed by atoms with van der Waals surface area (Å²) in [4.78, 5) is 24.2. The molecule has 0 saturated carbocycles. The third-order valence-corrected chi connectivity index (χ3v) is 3.88. The zero-order chi connectivity index (χ0) is 18.7. The zero-order valence-electron chi connectivity index (χ0n) is 13.6. The molecule has 0 spiro atoms. The second-order valence-electron chi connectivity index (χ2n) is 5.67. The number of halogens is 1. The summed E-state index contributed by atoms with van der Waals surface area (Å²) in [5, 5.41) is 8.23. The molecule has 2 amide bonds. The lowest BCUT2D eigenvalue weighted by molar-refractivity contribution is -0.119. The van der Waals surface area contributed by atoms with Crippen LogP contribution in [0.25, 0.3) is 0 Å². The molecule has 3 rings (SSSR count). The van der Waals surface area contributed by atoms with E-state index in [0.29, 0.717) is 16.9 Å². The first kappa shape index (κ1) is 17.2. The van der Waals surface area contributed by atoms with E-state index in [1.165, 1.54) is 29.3 Å². The van der Waals surface area contributed by atoms with E-state index in [1.807, 2.05) is 0 Å². The van der Waals surface area contributed by atoms with E-state index in [2.05, 4.69) is 16.3 Å². The minimum Gasteiger partial charge on any atom is -0.368 e. The number of nitrogens with two attached hydrogens (primary N) is 1. The van der Waals surface area contributed by atoms with Crippen LogP contribution in [-0.2, 0) is 9.59 Å². The zero-order valence-corrected chi connectivity index (χ0v) is 13.6. The molecule has 2 aromatic rings. The van der Waals surface area contributed by atoms with Crippen LogP contribution in [0, 0.1) is 18.2 Å². The van der Waals surface area contributed by atoms with Crippen LogP contribution in [0.3, 0.4) is 0 Å². The first-order valence-electron chi connectivity index (χ1n) is 7.77. The fourth-order valence-corrected chi connectivity index (χ4v) is 2.59. The monoisotopic (exact) mass is 350 g/mol. The first-order chi connectivity index (χ1) is 12.5. The molecule has 2 aromatic carbocycles. The van der Waals surface area contributed by atoms with Gasteiger partial charge in [0.1, 0.15) is 17.6 Å². The Kier molecular flexibility index (Phi) is 4.67. The standard InChI is InChI=1S/C19H15FN4O2/c1-2-12-4-3-5-14(10-12)22-19(26)16-11-17(18(21)25)24(23-16)15-8-6-13(20)7-9-15/h1,3-10,17H,11H2,(H2,21,25)(H,22,26). The molecule has 26 heavy (non-hydrogen) atoms. The summed E-state index contributed by atoms with van der Waals surface area (Å²) in [7, 11) is 0. The van der Waals surface area contributed by atoms with Gasteiger partial charge < -0.3 is 11.1 Å². The number of amides is 2. The summed E-state index contributed by atoms with van der Waals surface area (Å²) in [5.74, 6) is 0.974. The van der Waals surface area contributed by atoms with Gasteiger partial charge in [0, 0.05) is 17.7 Å². The number of terminal acetylenes is 1. The minimum absolute atomic E-state index is 0.0490. The molecule has 7 heteroatoms. The van der Waals surface area contributed by atoms with E-state index in [1.54, 1.807) is 24.3 Å². The average molecular weight is 350 g/mol. The number of nitrogens with one attached hydrogen (secondary N) is 1. The molecule has 6 nitrogen and oxygen atoms in total. The normalized spacial score (nSPS) is 15.9. The third kappa shape index (κ3) is 3.54. The number of carbonyl (C=O) groups excluding carboxylic acids is 2. The van der Waals surface area contributed by atoms with Gasteiger partial charge >= 0.3 is 0 Å². The molecule has 1 atom stereocenters. The maximum atomic E-state index is 13.1. The molecule has 130 valence electrons. The van der Waals surface area contributed by atoms with E-state index in [0.717, 1.165) is 0 Å². The summed E-state index contributed by atoms with van der Waals surface area (Å²) in [6, 6.07) is 11.4. The van der Waals surface area contributed by atoms with Gasteiger partial charge in [-0.1, -0.05) is 12.0 Å². The number of carbonyl (C=O) groups is 2. The minimum atomic E-state index is -0.821. The summed E-state index contributed by atoms with van der Waals surface area (Å²) < 4.78 is 13.1. The first-order valence-corrected chi connectivity index (χ1v) is 7.77. The number of anilines is 2. The maximum Gasteiger partial charge on any atom is 0.271 e. The highest BCUT2D eigenvalue weighted by Gasteiger charge is 2.35. The number of hydrogen-bond donors (Lipinski definition) is 2. The Morgan fingerprint density at radius 3 is 2.65 bits per heavy atom. The summed E-state index contributed by atoms with van der Waals surface area (Å²) >= 11 is 0. The molecule has 0 saturated heterocycles. The van der Waals surface area contributed by atoms with Crippen LogP contribution in [-0.4, -0.2) is 23.6 Å². The van der Waals surface area contributed by atoms with Gasteiger partial charge in [-0.2, -0.15) is 5.10 Å². The van der Waals surface area contributed by atoms with Crippen LogP contribution < -0.4 is 16.1 Å². The van der Waals surface area contributed by atoms with Crippen molar-refractivity contribution in [3.05, 3.63) is 59.9 Å². The Morgan fingerprint density at radius 1 is 1.27 bits per heavy atom. The van der Waals surface area contributed by atoms with Crippen LogP contribution >= 0.6 is 0 Å². The van der Waals surface area contributed by atoms with E-state index in [4.69, 9.17) is 12.2 Å². The number of hydrogen-bond acceptors (Lipinski definition) is 4. The van der Waals surface area contributed by atoms with E-state index in [9.17, 15) is 14.0 Å². The highest BCUT2D eigenvalue weighted by molar-refractivity contribution is 6.44. The van der Waals surface area contributed by atoms with Crippen LogP contribution in [0.1, 0.15) is 12.0 Å². The number of nitrogens with zero attached hydrogens (tertiary/aromatic N) is 2. The fourth-order valence-electron chi connectivity index (χ4n) is 2.59. The largest absolute Gasteiger partial charge is 0.368 e. The molecule has 3 N–H and O–H groups in total. The van der Waals surface area contributed by atoms with Gasteiger partial charge in [0.25, 0.3) is 5.91 Å². The fraction of sp³-hybridized carbons (Fsp3) is 0.105. The average Bonchev–Trinajstić information content (AvgIpc) is 3.08. The van der Waals surface area contributed by atoms with Crippen molar-refractivity contribution in [3.8, 4) is 12.3 Å². The molecule has 1 heterocycles. The second kappa shape index (κ2) is 7.07. The Hall–Kier alpha value is -3.66. The predicted molar refractivity (Wildman–Crippen MR) is 96.9 cm³/mol. The van der Waals surface area contributed by atoms with Gasteiger partial charge in [0.2, 0.25) is 5.91 Å². The molecule has 1 aliphatic rings. The third-order valence-electron chi connectivity index (χ3n) is 3.88. The number of primary amides is 1. The predicted octanol–water partition coefficient (Wildman–Crippen LogP) is 1.87. The smallest absolute Gasteiger partial charge is 0.271 e. The number of hydrazone groups is 1. The molecule has 0 radical (unpaired) electrons. The number of rotatable bonds is 4. The van der Waals surface area contributed by atoms with Crippen LogP contribution in [0.4, 0.5) is 15.8 Å². The van der Waals surface area contributed by atoms with Crippen molar-refractivity contribution in [1.82, 2.24) is 0 Å². The lowest BCUT2D eigenvalue weighted by Crippen LogP contribution is -2.39. The Bertz CT molecular complexity index is 931. The van der Waals surface area contributed by atoms with E-state index >= 15 is 0 Å². The maximum absolute atomic E-state index is 13.1. The Balaban J connectivity index is 1.83. The SMILES string of the molecule is C#Cc1cccc(NC(=O)C2=NN(c3ccc(F)cc3)C(C(N)=O)C2)c1. The van der Waals surface area contributed by atoms with Crippen molar-refractivity contribution >= 4 is 28.9 Å². The van der Waals surface area contributed by atoms with Gasteiger partial charge in [-0.05, 0) is 42.5 Å². The van der Waals surface area contributed by atoms with Crippen molar-refractivity contribution < 1.29 is 14.0 Å². The molecule has 0 aliphatic carbocycles. The molecular formula is C19H15FN4O2. The van der Waals surface area contributed by atoms with Crippen molar-refractivity contribution in [3.63, 3.8) is 0 Å².